The van der Waals surface area contributed by atoms with Gasteiger partial charge in [-0.05, 0) is 95.1 Å². The summed E-state index contributed by atoms with van der Waals surface area (Å²) < 4.78 is 96.6. The summed E-state index contributed by atoms with van der Waals surface area (Å²) >= 11 is 0. The van der Waals surface area contributed by atoms with Crippen LogP contribution in [0.5, 0.6) is 0 Å². The van der Waals surface area contributed by atoms with E-state index in [1.807, 2.05) is 4.52 Å². The van der Waals surface area contributed by atoms with Gasteiger partial charge in [-0.25, -0.2) is 0 Å². The Balaban J connectivity index is 0.000000189. The Hall–Kier alpha value is -5.83. The van der Waals surface area contributed by atoms with Crippen LogP contribution < -0.4 is 41.6 Å². The average molecular weight is 963 g/mol. The second-order valence-electron chi connectivity index (χ2n) is 13.9. The van der Waals surface area contributed by atoms with Crippen LogP contribution in [0.2, 0.25) is 0 Å². The number of phosphoric acid groups is 1. The fraction of sp³-hybridized carbons (Fsp3) is 0.0588. The molecule has 0 bridgehead atoms. The number of alkyl halides is 8. The van der Waals surface area contributed by atoms with E-state index in [0.717, 1.165) is 0 Å². The number of hydrogen-bond donors (Lipinski definition) is 0. The lowest BCUT2D eigenvalue weighted by molar-refractivity contribution is -0.414. The van der Waals surface area contributed by atoms with E-state index in [4.69, 9.17) is 0 Å². The zero-order valence-corrected chi connectivity index (χ0v) is 37.5. The summed E-state index contributed by atoms with van der Waals surface area (Å²) in [6.45, 7) is -3.67. The molecule has 8 aromatic carbocycles. The van der Waals surface area contributed by atoms with E-state index in [9.17, 15) is 49.5 Å². The molecule has 0 N–H and O–H groups in total. The zero-order chi connectivity index (χ0) is 47.6. The van der Waals surface area contributed by atoms with Crippen LogP contribution in [0.1, 0.15) is 0 Å². The Morgan fingerprint density at radius 3 is 0.758 bits per heavy atom. The fourth-order valence-corrected chi connectivity index (χ4v) is 12.0. The molecule has 66 heavy (non-hydrogen) atoms. The molecular formula is C51H41F8O4P3. The molecule has 8 aromatic rings. The molecule has 0 atom stereocenters. The molecule has 0 unspecified atom stereocenters. The van der Waals surface area contributed by atoms with Gasteiger partial charge in [0.2, 0.25) is 0 Å². The lowest BCUT2D eigenvalue weighted by atomic mass is 10.1. The van der Waals surface area contributed by atoms with Crippen molar-refractivity contribution < 1.29 is 54.0 Å². The predicted octanol–water partition coefficient (Wildman–Crippen LogP) is 10.9. The second kappa shape index (κ2) is 24.6. The monoisotopic (exact) mass is 962 g/mol. The van der Waals surface area contributed by atoms with Crippen LogP contribution in [-0.2, 0) is 9.09 Å². The molecule has 0 radical (unpaired) electrons. The SMILES string of the molecule is FC(F)F.O=P([O-])([O-])OC(F)(F)C(F)(F)F.c1ccc(-c2ccc([PH+](c3ccccc3)c3ccccc3)cc2)cc1.c1ccc(-c2ccc([PH+](c3ccccc3)c3ccccc3)cc2)cc1. The van der Waals surface area contributed by atoms with Crippen molar-refractivity contribution in [1.29, 1.82) is 0 Å². The maximum atomic E-state index is 11.5. The summed E-state index contributed by atoms with van der Waals surface area (Å²) in [6.07, 6.45) is -12.2. The maximum Gasteiger partial charge on any atom is 0.483 e. The molecule has 0 aliphatic heterocycles. The highest BCUT2D eigenvalue weighted by Gasteiger charge is 2.60. The van der Waals surface area contributed by atoms with Crippen LogP contribution in [0.15, 0.2) is 231 Å². The van der Waals surface area contributed by atoms with Gasteiger partial charge >= 0.3 is 19.0 Å². The maximum absolute atomic E-state index is 11.5. The molecule has 340 valence electrons. The quantitative estimate of drug-likeness (QED) is 0.101. The van der Waals surface area contributed by atoms with Crippen molar-refractivity contribution in [3.8, 4) is 22.3 Å². The van der Waals surface area contributed by atoms with E-state index >= 15 is 0 Å². The van der Waals surface area contributed by atoms with Gasteiger partial charge < -0.3 is 14.4 Å². The topological polar surface area (TPSA) is 72.4 Å². The number of benzene rings is 8. The molecule has 0 fully saturated rings. The lowest BCUT2D eigenvalue weighted by Gasteiger charge is -2.33. The van der Waals surface area contributed by atoms with Crippen LogP contribution in [0.25, 0.3) is 22.3 Å². The summed E-state index contributed by atoms with van der Waals surface area (Å²) in [7, 11) is -8.30. The zero-order valence-electron chi connectivity index (χ0n) is 34.6. The highest BCUT2D eigenvalue weighted by atomic mass is 31.2. The third kappa shape index (κ3) is 16.0. The standard InChI is InChI=1S/2C24H19P.C2H2F5O4P.CHF3/c2*1-4-10-20(11-5-1)21-16-18-24(19-17-21)25(22-12-6-2-7-13-22)23-14-8-3-9-15-23;3-1(4,5)2(6,7)11-12(8,9)10;2-1(3)4/h2*1-19H;(H2,8,9,10);1H. The first kappa shape index (κ1) is 51.2. The van der Waals surface area contributed by atoms with E-state index in [-0.39, 0.29) is 0 Å². The number of phosphoric ester groups is 1. The minimum atomic E-state index is -6.35. The van der Waals surface area contributed by atoms with Gasteiger partial charge in [-0.2, -0.15) is 35.1 Å². The van der Waals surface area contributed by atoms with Gasteiger partial charge in [0.15, 0.2) is 0 Å². The predicted molar refractivity (Wildman–Crippen MR) is 251 cm³/mol. The summed E-state index contributed by atoms with van der Waals surface area (Å²) in [5.74, 6) is 0. The van der Waals surface area contributed by atoms with Crippen LogP contribution in [0, 0.1) is 0 Å². The van der Waals surface area contributed by atoms with Crippen LogP contribution in [0.4, 0.5) is 35.1 Å². The van der Waals surface area contributed by atoms with E-state index < -0.39 is 42.6 Å². The van der Waals surface area contributed by atoms with Gasteiger partial charge in [0.25, 0.3) is 0 Å². The molecule has 0 spiro atoms. The van der Waals surface area contributed by atoms with Gasteiger partial charge in [-0.1, -0.05) is 158 Å². The third-order valence-electron chi connectivity index (χ3n) is 9.37. The number of hydrogen-bond acceptors (Lipinski definition) is 4. The first-order valence-corrected chi connectivity index (χ1v) is 24.4. The molecule has 0 aliphatic rings. The van der Waals surface area contributed by atoms with Crippen molar-refractivity contribution in [3.05, 3.63) is 231 Å². The molecule has 0 saturated carbocycles. The molecule has 4 nitrogen and oxygen atoms in total. The first-order valence-electron chi connectivity index (χ1n) is 19.9. The number of rotatable bonds is 10. The minimum Gasteiger partial charge on any atom is -0.790 e. The third-order valence-corrected chi connectivity index (χ3v) is 15.3. The summed E-state index contributed by atoms with van der Waals surface area (Å²) in [6, 6.07) is 82.9. The van der Waals surface area contributed by atoms with Crippen molar-refractivity contribution in [2.24, 2.45) is 0 Å². The lowest BCUT2D eigenvalue weighted by Crippen LogP contribution is -2.40. The molecular weight excluding hydrogens is 921 g/mol. The molecule has 0 heterocycles. The Morgan fingerprint density at radius 1 is 0.364 bits per heavy atom. The largest absolute Gasteiger partial charge is 0.790 e. The Bertz CT molecular complexity index is 2400. The minimum absolute atomic E-state index is 0.975. The van der Waals surface area contributed by atoms with Crippen molar-refractivity contribution in [2.45, 2.75) is 19.0 Å². The first-order chi connectivity index (χ1) is 31.5. The van der Waals surface area contributed by atoms with Gasteiger partial charge in [0.1, 0.15) is 31.8 Å². The van der Waals surface area contributed by atoms with Crippen molar-refractivity contribution >= 4 is 55.5 Å². The van der Waals surface area contributed by atoms with E-state index in [1.165, 1.54) is 54.1 Å². The smallest absolute Gasteiger partial charge is 0.483 e. The Labute approximate surface area is 380 Å². The molecule has 0 aromatic heterocycles. The molecule has 0 aliphatic carbocycles. The highest BCUT2D eigenvalue weighted by molar-refractivity contribution is 7.80. The van der Waals surface area contributed by atoms with Crippen LogP contribution >= 0.6 is 23.7 Å². The van der Waals surface area contributed by atoms with Crippen molar-refractivity contribution in [3.63, 3.8) is 0 Å². The summed E-state index contributed by atoms with van der Waals surface area (Å²) in [5, 5.41) is 8.53. The van der Waals surface area contributed by atoms with E-state index in [0.29, 0.717) is 0 Å². The second-order valence-corrected chi connectivity index (χ2v) is 19.9. The summed E-state index contributed by atoms with van der Waals surface area (Å²) in [5.41, 5.74) is 5.07. The molecule has 0 amide bonds. The van der Waals surface area contributed by atoms with Gasteiger partial charge in [0.05, 0.1) is 23.7 Å². The molecule has 15 heteroatoms. The van der Waals surface area contributed by atoms with E-state index in [1.54, 1.807) is 0 Å². The molecule has 0 saturated heterocycles. The van der Waals surface area contributed by atoms with Crippen LogP contribution in [-0.4, -0.2) is 19.0 Å². The van der Waals surface area contributed by atoms with Crippen molar-refractivity contribution in [2.75, 3.05) is 0 Å². The average Bonchev–Trinajstić information content (AvgIpc) is 3.31. The Morgan fingerprint density at radius 2 is 0.561 bits per heavy atom. The van der Waals surface area contributed by atoms with Gasteiger partial charge in [0, 0.05) is 0 Å². The Kier molecular flexibility index (Phi) is 19.1. The van der Waals surface area contributed by atoms with E-state index in [2.05, 4.69) is 231 Å². The fourth-order valence-electron chi connectivity index (χ4n) is 6.53. The normalized spacial score (nSPS) is 11.4. The molecule has 8 rings (SSSR count). The van der Waals surface area contributed by atoms with Crippen molar-refractivity contribution in [1.82, 2.24) is 0 Å². The highest BCUT2D eigenvalue weighted by Crippen LogP contribution is 2.44. The van der Waals surface area contributed by atoms with Crippen LogP contribution in [0.3, 0.4) is 0 Å². The van der Waals surface area contributed by atoms with Gasteiger partial charge in [-0.3, -0.25) is 4.52 Å². The van der Waals surface area contributed by atoms with Gasteiger partial charge in [-0.15, -0.1) is 0 Å². The number of halogens is 8. The summed E-state index contributed by atoms with van der Waals surface area (Å²) in [4.78, 5) is 18.7.